The summed E-state index contributed by atoms with van der Waals surface area (Å²) in [5.74, 6) is -1.88. The first-order valence-electron chi connectivity index (χ1n) is 10.5. The predicted octanol–water partition coefficient (Wildman–Crippen LogP) is 6.33. The molecule has 6 nitrogen and oxygen atoms in total. The molecule has 184 valence electrons. The van der Waals surface area contributed by atoms with E-state index in [1.165, 1.54) is 41.7 Å². The molecule has 1 heterocycles. The van der Waals surface area contributed by atoms with Crippen molar-refractivity contribution in [1.82, 2.24) is 4.98 Å². The van der Waals surface area contributed by atoms with Crippen molar-refractivity contribution in [2.75, 3.05) is 6.61 Å². The molecule has 10 heteroatoms. The van der Waals surface area contributed by atoms with E-state index in [0.29, 0.717) is 26.7 Å². The van der Waals surface area contributed by atoms with Gasteiger partial charge in [0.2, 0.25) is 0 Å². The Morgan fingerprint density at radius 1 is 1.17 bits per heavy atom. The first-order valence-corrected chi connectivity index (χ1v) is 11.3. The number of allylic oxidation sites excluding steroid dienone is 1. The molecule has 0 radical (unpaired) electrons. The number of hydrogen-bond donors (Lipinski definition) is 2. The van der Waals surface area contributed by atoms with Crippen LogP contribution in [0.4, 0.5) is 13.2 Å². The van der Waals surface area contributed by atoms with Crippen LogP contribution in [0.2, 0.25) is 0 Å². The second-order valence-electron chi connectivity index (χ2n) is 8.01. The molecule has 0 saturated carbocycles. The lowest BCUT2D eigenvalue weighted by molar-refractivity contribution is -0.139. The third kappa shape index (κ3) is 6.27. The Kier molecular flexibility index (Phi) is 7.64. The van der Waals surface area contributed by atoms with Crippen molar-refractivity contribution in [3.63, 3.8) is 0 Å². The molecule has 0 aliphatic rings. The number of benzene rings is 2. The van der Waals surface area contributed by atoms with E-state index in [0.717, 1.165) is 12.1 Å². The van der Waals surface area contributed by atoms with Gasteiger partial charge in [-0.05, 0) is 48.8 Å². The summed E-state index contributed by atoms with van der Waals surface area (Å²) >= 11 is 1.24. The lowest BCUT2D eigenvalue weighted by atomic mass is 10.0. The fraction of sp³-hybridized carbons (Fsp3) is 0.240. The molecule has 3 aromatic rings. The lowest BCUT2D eigenvalue weighted by Gasteiger charge is -2.10. The second-order valence-corrected chi connectivity index (χ2v) is 9.04. The number of carbonyl (C=O) groups excluding carboxylic acids is 1. The highest BCUT2D eigenvalue weighted by molar-refractivity contribution is 7.16. The number of ether oxygens (including phenoxy) is 1. The molecule has 0 spiro atoms. The van der Waals surface area contributed by atoms with Gasteiger partial charge in [0.25, 0.3) is 0 Å². The summed E-state index contributed by atoms with van der Waals surface area (Å²) in [6.45, 7) is 4.86. The fourth-order valence-corrected chi connectivity index (χ4v) is 4.34. The number of phenolic OH excluding ortho intramolecular Hbond substituents is 1. The molecule has 3 rings (SSSR count). The Morgan fingerprint density at radius 2 is 1.83 bits per heavy atom. The third-order valence-corrected chi connectivity index (χ3v) is 6.07. The van der Waals surface area contributed by atoms with Gasteiger partial charge in [-0.25, -0.2) is 9.78 Å². The van der Waals surface area contributed by atoms with Crippen LogP contribution >= 0.6 is 11.3 Å². The average Bonchev–Trinajstić information content (AvgIpc) is 3.22. The topological polar surface area (TPSA) is 96.7 Å². The molecule has 0 saturated heterocycles. The zero-order chi connectivity index (χ0) is 25.9. The molecule has 1 aromatic heterocycles. The zero-order valence-corrected chi connectivity index (χ0v) is 19.8. The molecular formula is C25H22F3NO5S. The molecule has 0 amide bonds. The molecule has 0 atom stereocenters. The van der Waals surface area contributed by atoms with E-state index in [-0.39, 0.29) is 23.0 Å². The Labute approximate surface area is 203 Å². The molecule has 0 bridgehead atoms. The minimum Gasteiger partial charge on any atom is -0.507 e. The van der Waals surface area contributed by atoms with Gasteiger partial charge in [-0.3, -0.25) is 4.79 Å². The van der Waals surface area contributed by atoms with Crippen LogP contribution in [0.5, 0.6) is 11.5 Å². The molecule has 0 aliphatic carbocycles. The maximum absolute atomic E-state index is 12.9. The summed E-state index contributed by atoms with van der Waals surface area (Å²) < 4.78 is 43.7. The first kappa shape index (κ1) is 26.0. The van der Waals surface area contributed by atoms with E-state index in [2.05, 4.69) is 4.98 Å². The molecule has 35 heavy (non-hydrogen) atoms. The highest BCUT2D eigenvalue weighted by Gasteiger charge is 2.30. The van der Waals surface area contributed by atoms with Crippen molar-refractivity contribution in [1.29, 1.82) is 0 Å². The van der Waals surface area contributed by atoms with Gasteiger partial charge in [0.05, 0.1) is 21.7 Å². The highest BCUT2D eigenvalue weighted by atomic mass is 32.1. The number of ketones is 1. The van der Waals surface area contributed by atoms with Gasteiger partial charge < -0.3 is 14.9 Å². The minimum absolute atomic E-state index is 0.00878. The van der Waals surface area contributed by atoms with Crippen LogP contribution < -0.4 is 4.74 Å². The van der Waals surface area contributed by atoms with Crippen LogP contribution in [-0.2, 0) is 11.0 Å². The van der Waals surface area contributed by atoms with E-state index in [1.807, 2.05) is 13.8 Å². The van der Waals surface area contributed by atoms with Gasteiger partial charge in [-0.2, -0.15) is 13.2 Å². The smallest absolute Gasteiger partial charge is 0.416 e. The number of halogens is 3. The van der Waals surface area contributed by atoms with Crippen LogP contribution in [0.1, 0.15) is 51.8 Å². The maximum Gasteiger partial charge on any atom is 0.416 e. The molecule has 0 fully saturated rings. The van der Waals surface area contributed by atoms with E-state index in [4.69, 9.17) is 9.84 Å². The van der Waals surface area contributed by atoms with Crippen LogP contribution in [0.25, 0.3) is 16.6 Å². The van der Waals surface area contributed by atoms with Crippen molar-refractivity contribution >= 4 is 29.2 Å². The summed E-state index contributed by atoms with van der Waals surface area (Å²) in [5.41, 5.74) is 0.959. The number of aromatic hydroxyl groups is 1. The number of carboxylic acids is 1. The monoisotopic (exact) mass is 505 g/mol. The van der Waals surface area contributed by atoms with Gasteiger partial charge in [0.1, 0.15) is 16.5 Å². The number of aliphatic carboxylic acids is 1. The molecule has 2 N–H and O–H groups in total. The summed E-state index contributed by atoms with van der Waals surface area (Å²) in [7, 11) is 0. The number of phenols is 1. The number of aromatic nitrogens is 1. The number of aryl methyl sites for hydroxylation is 1. The Hall–Kier alpha value is -3.66. The number of carboxylic acid groups (broad SMARTS) is 1. The summed E-state index contributed by atoms with van der Waals surface area (Å²) in [5, 5.41) is 19.5. The lowest BCUT2D eigenvalue weighted by Crippen LogP contribution is -2.10. The Bertz CT molecular complexity index is 1280. The largest absolute Gasteiger partial charge is 0.507 e. The SMILES string of the molecule is Cc1cc(C(=O)/C=C/c2sc(-c3ccc(C(F)(F)F)cc3)nc2C(C)C)c(O)cc1OCC(=O)O. The Morgan fingerprint density at radius 3 is 2.40 bits per heavy atom. The van der Waals surface area contributed by atoms with Crippen LogP contribution in [0, 0.1) is 6.92 Å². The number of rotatable bonds is 8. The second kappa shape index (κ2) is 10.3. The number of carbonyl (C=O) groups is 2. The van der Waals surface area contributed by atoms with E-state index >= 15 is 0 Å². The van der Waals surface area contributed by atoms with E-state index in [9.17, 15) is 27.9 Å². The van der Waals surface area contributed by atoms with E-state index in [1.54, 1.807) is 13.0 Å². The summed E-state index contributed by atoms with van der Waals surface area (Å²) in [6.07, 6.45) is -1.59. The van der Waals surface area contributed by atoms with Gasteiger partial charge in [-0.1, -0.05) is 26.0 Å². The standard InChI is InChI=1S/C25H22F3NO5S/c1-13(2)23-21(35-24(29-23)15-4-6-16(7-5-15)25(26,27)28)9-8-18(30)17-10-14(3)20(11-19(17)31)34-12-22(32)33/h4-11,13,31H,12H2,1-3H3,(H,32,33)/b9-8+. The summed E-state index contributed by atoms with van der Waals surface area (Å²) in [4.78, 5) is 28.7. The van der Waals surface area contributed by atoms with Crippen LogP contribution in [0.3, 0.4) is 0 Å². The van der Waals surface area contributed by atoms with Crippen molar-refractivity contribution in [2.45, 2.75) is 32.9 Å². The average molecular weight is 506 g/mol. The predicted molar refractivity (Wildman–Crippen MR) is 126 cm³/mol. The zero-order valence-electron chi connectivity index (χ0n) is 19.0. The number of nitrogens with zero attached hydrogens (tertiary/aromatic N) is 1. The number of alkyl halides is 3. The van der Waals surface area contributed by atoms with Crippen molar-refractivity contribution in [2.24, 2.45) is 0 Å². The van der Waals surface area contributed by atoms with Gasteiger partial charge in [0, 0.05) is 11.6 Å². The molecule has 2 aromatic carbocycles. The summed E-state index contributed by atoms with van der Waals surface area (Å²) in [6, 6.07) is 7.31. The highest BCUT2D eigenvalue weighted by Crippen LogP contribution is 2.35. The van der Waals surface area contributed by atoms with E-state index < -0.39 is 30.1 Å². The van der Waals surface area contributed by atoms with Gasteiger partial charge >= 0.3 is 12.1 Å². The molecule has 0 aliphatic heterocycles. The van der Waals surface area contributed by atoms with Crippen molar-refractivity contribution in [3.05, 3.63) is 69.7 Å². The fourth-order valence-electron chi connectivity index (χ4n) is 3.21. The quantitative estimate of drug-likeness (QED) is 0.275. The van der Waals surface area contributed by atoms with Crippen molar-refractivity contribution in [3.8, 4) is 22.1 Å². The normalized spacial score (nSPS) is 11.9. The van der Waals surface area contributed by atoms with Crippen molar-refractivity contribution < 1.29 is 37.7 Å². The number of thiazole rings is 1. The minimum atomic E-state index is -4.43. The third-order valence-electron chi connectivity index (χ3n) is 4.98. The number of hydrogen-bond acceptors (Lipinski definition) is 6. The first-order chi connectivity index (χ1) is 16.4. The van der Waals surface area contributed by atoms with Crippen LogP contribution in [-0.4, -0.2) is 33.6 Å². The maximum atomic E-state index is 12.9. The molecule has 0 unspecified atom stereocenters. The van der Waals surface area contributed by atoms with Gasteiger partial charge in [-0.15, -0.1) is 11.3 Å². The van der Waals surface area contributed by atoms with Crippen LogP contribution in [0.15, 0.2) is 42.5 Å². The van der Waals surface area contributed by atoms with Gasteiger partial charge in [0.15, 0.2) is 12.4 Å². The Balaban J connectivity index is 1.87. The molecular weight excluding hydrogens is 483 g/mol.